The molecule has 0 aliphatic carbocycles. The van der Waals surface area contributed by atoms with E-state index in [1.807, 2.05) is 0 Å². The average Bonchev–Trinajstić information content (AvgIpc) is 3.35. The van der Waals surface area contributed by atoms with E-state index in [2.05, 4.69) is 31.3 Å². The fraction of sp³-hybridized carbons (Fsp3) is 0.937. The highest BCUT2D eigenvalue weighted by Crippen LogP contribution is 2.18. The van der Waals surface area contributed by atoms with Crippen LogP contribution in [0.15, 0.2) is 12.2 Å². The molecular weight excluding hydrogens is 851 g/mol. The van der Waals surface area contributed by atoms with Gasteiger partial charge in [0.05, 0.1) is 25.4 Å². The van der Waals surface area contributed by atoms with Crippen LogP contribution in [0, 0.1) is 0 Å². The first kappa shape index (κ1) is 67.6. The van der Waals surface area contributed by atoms with Crippen molar-refractivity contribution in [3.8, 4) is 0 Å². The number of hydrogen-bond acceptors (Lipinski definition) is 5. The zero-order valence-corrected chi connectivity index (χ0v) is 46.8. The van der Waals surface area contributed by atoms with Gasteiger partial charge in [-0.3, -0.25) is 9.59 Å². The standard InChI is InChI=1S/C63H123NO5/c1-3-5-7-9-11-13-15-17-19-21-22-23-24-25-27-31-35-39-43-47-51-55-61(66)60(59-65)64-62(67)56-52-48-44-40-36-32-28-26-30-34-38-42-46-50-54-58-69-63(68)57-53-49-45-41-37-33-29-20-18-16-14-12-10-8-6-4-2/h20,29,60-61,65-66H,3-19,21-28,30-59H2,1-2H3,(H,64,67)/b29-20-. The van der Waals surface area contributed by atoms with Crippen LogP contribution in [-0.4, -0.2) is 47.4 Å². The van der Waals surface area contributed by atoms with Gasteiger partial charge in [-0.25, -0.2) is 0 Å². The Kier molecular flexibility index (Phi) is 58.0. The van der Waals surface area contributed by atoms with Gasteiger partial charge >= 0.3 is 5.97 Å². The van der Waals surface area contributed by atoms with Gasteiger partial charge in [0.25, 0.3) is 0 Å². The fourth-order valence-electron chi connectivity index (χ4n) is 9.99. The molecule has 0 fully saturated rings. The lowest BCUT2D eigenvalue weighted by molar-refractivity contribution is -0.143. The monoisotopic (exact) mass is 974 g/mol. The van der Waals surface area contributed by atoms with Crippen molar-refractivity contribution in [3.63, 3.8) is 0 Å². The van der Waals surface area contributed by atoms with Crippen LogP contribution in [-0.2, 0) is 14.3 Å². The molecule has 410 valence electrons. The van der Waals surface area contributed by atoms with Gasteiger partial charge in [0.1, 0.15) is 0 Å². The molecule has 69 heavy (non-hydrogen) atoms. The summed E-state index contributed by atoms with van der Waals surface area (Å²) in [6, 6.07) is -0.548. The molecule has 1 amide bonds. The van der Waals surface area contributed by atoms with Crippen LogP contribution in [0.4, 0.5) is 0 Å². The second-order valence-corrected chi connectivity index (χ2v) is 21.7. The van der Waals surface area contributed by atoms with Crippen LogP contribution in [0.3, 0.4) is 0 Å². The van der Waals surface area contributed by atoms with Crippen LogP contribution in [0.2, 0.25) is 0 Å². The van der Waals surface area contributed by atoms with Gasteiger partial charge in [-0.2, -0.15) is 0 Å². The highest BCUT2D eigenvalue weighted by atomic mass is 16.5. The maximum Gasteiger partial charge on any atom is 0.305 e. The summed E-state index contributed by atoms with van der Waals surface area (Å²) in [5.41, 5.74) is 0. The molecule has 3 N–H and O–H groups in total. The molecule has 0 aromatic heterocycles. The van der Waals surface area contributed by atoms with Crippen LogP contribution in [0.25, 0.3) is 0 Å². The first-order chi connectivity index (χ1) is 34.0. The van der Waals surface area contributed by atoms with Gasteiger partial charge in [0.2, 0.25) is 5.91 Å². The average molecular weight is 975 g/mol. The molecule has 0 aromatic carbocycles. The summed E-state index contributed by atoms with van der Waals surface area (Å²) < 4.78 is 5.48. The molecular formula is C63H123NO5. The van der Waals surface area contributed by atoms with Gasteiger partial charge in [0, 0.05) is 12.8 Å². The molecule has 6 nitrogen and oxygen atoms in total. The molecule has 0 saturated heterocycles. The number of esters is 1. The number of allylic oxidation sites excluding steroid dienone is 2. The van der Waals surface area contributed by atoms with Crippen LogP contribution >= 0.6 is 0 Å². The number of aliphatic hydroxyl groups is 2. The molecule has 0 heterocycles. The molecule has 0 aliphatic heterocycles. The number of carbonyl (C=O) groups excluding carboxylic acids is 2. The summed E-state index contributed by atoms with van der Waals surface area (Å²) in [5, 5.41) is 23.4. The van der Waals surface area contributed by atoms with E-state index < -0.39 is 12.1 Å². The maximum absolute atomic E-state index is 12.5. The number of nitrogens with one attached hydrogen (secondary N) is 1. The van der Waals surface area contributed by atoms with Crippen molar-refractivity contribution in [2.24, 2.45) is 0 Å². The maximum atomic E-state index is 12.5. The lowest BCUT2D eigenvalue weighted by Crippen LogP contribution is -2.45. The number of rotatable bonds is 59. The number of aliphatic hydroxyl groups excluding tert-OH is 2. The number of hydrogen-bond donors (Lipinski definition) is 3. The van der Waals surface area contributed by atoms with Crippen LogP contribution in [0.5, 0.6) is 0 Å². The van der Waals surface area contributed by atoms with Crippen LogP contribution < -0.4 is 5.32 Å². The van der Waals surface area contributed by atoms with Gasteiger partial charge in [0.15, 0.2) is 0 Å². The zero-order chi connectivity index (χ0) is 50.0. The number of carbonyl (C=O) groups is 2. The van der Waals surface area contributed by atoms with Crippen molar-refractivity contribution in [1.29, 1.82) is 0 Å². The van der Waals surface area contributed by atoms with Crippen molar-refractivity contribution >= 4 is 11.9 Å². The van der Waals surface area contributed by atoms with Crippen molar-refractivity contribution in [2.75, 3.05) is 13.2 Å². The van der Waals surface area contributed by atoms with E-state index in [0.29, 0.717) is 25.9 Å². The third-order valence-electron chi connectivity index (χ3n) is 14.8. The van der Waals surface area contributed by atoms with Crippen molar-refractivity contribution in [2.45, 2.75) is 366 Å². The van der Waals surface area contributed by atoms with Gasteiger partial charge in [-0.05, 0) is 51.4 Å². The first-order valence-corrected chi connectivity index (χ1v) is 31.4. The molecule has 0 rings (SSSR count). The van der Waals surface area contributed by atoms with Crippen LogP contribution in [0.1, 0.15) is 354 Å². The molecule has 0 bridgehead atoms. The number of amides is 1. The highest BCUT2D eigenvalue weighted by Gasteiger charge is 2.20. The van der Waals surface area contributed by atoms with Gasteiger partial charge < -0.3 is 20.3 Å². The highest BCUT2D eigenvalue weighted by molar-refractivity contribution is 5.76. The largest absolute Gasteiger partial charge is 0.466 e. The normalized spacial score (nSPS) is 12.6. The Labute approximate surface area is 431 Å². The predicted octanol–water partition coefficient (Wildman–Crippen LogP) is 19.6. The molecule has 0 aliphatic rings. The Balaban J connectivity index is 3.42. The predicted molar refractivity (Wildman–Crippen MR) is 301 cm³/mol. The summed E-state index contributed by atoms with van der Waals surface area (Å²) in [7, 11) is 0. The second kappa shape index (κ2) is 59.2. The van der Waals surface area contributed by atoms with Crippen molar-refractivity contribution in [3.05, 3.63) is 12.2 Å². The van der Waals surface area contributed by atoms with Crippen molar-refractivity contribution < 1.29 is 24.5 Å². The molecule has 0 saturated carbocycles. The zero-order valence-electron chi connectivity index (χ0n) is 46.8. The van der Waals surface area contributed by atoms with Gasteiger partial charge in [-0.1, -0.05) is 302 Å². The summed E-state index contributed by atoms with van der Waals surface area (Å²) >= 11 is 0. The molecule has 6 heteroatoms. The Bertz CT molecular complexity index is 1030. The Hall–Kier alpha value is -1.40. The number of unbranched alkanes of at least 4 members (excludes halogenated alkanes) is 46. The first-order valence-electron chi connectivity index (χ1n) is 31.4. The molecule has 0 aromatic rings. The number of ether oxygens (including phenoxy) is 1. The smallest absolute Gasteiger partial charge is 0.305 e. The molecule has 2 unspecified atom stereocenters. The lowest BCUT2D eigenvalue weighted by Gasteiger charge is -2.22. The summed E-state index contributed by atoms with van der Waals surface area (Å²) in [4.78, 5) is 24.6. The minimum Gasteiger partial charge on any atom is -0.466 e. The Morgan fingerprint density at radius 1 is 0.391 bits per heavy atom. The van der Waals surface area contributed by atoms with E-state index in [1.54, 1.807) is 0 Å². The van der Waals surface area contributed by atoms with E-state index in [4.69, 9.17) is 4.74 Å². The second-order valence-electron chi connectivity index (χ2n) is 21.7. The third-order valence-corrected chi connectivity index (χ3v) is 14.8. The van der Waals surface area contributed by atoms with E-state index in [0.717, 1.165) is 51.4 Å². The van der Waals surface area contributed by atoms with E-state index >= 15 is 0 Å². The quantitative estimate of drug-likeness (QED) is 0.0321. The van der Waals surface area contributed by atoms with E-state index in [9.17, 15) is 19.8 Å². The van der Waals surface area contributed by atoms with Gasteiger partial charge in [-0.15, -0.1) is 0 Å². The third kappa shape index (κ3) is 55.8. The summed E-state index contributed by atoms with van der Waals surface area (Å²) in [5.74, 6) is -0.0452. The van der Waals surface area contributed by atoms with E-state index in [1.165, 1.54) is 270 Å². The summed E-state index contributed by atoms with van der Waals surface area (Å²) in [6.45, 7) is 4.96. The topological polar surface area (TPSA) is 95.9 Å². The Morgan fingerprint density at radius 3 is 1.03 bits per heavy atom. The summed E-state index contributed by atoms with van der Waals surface area (Å²) in [6.07, 6.45) is 70.7. The molecule has 0 spiro atoms. The molecule has 2 atom stereocenters. The fourth-order valence-corrected chi connectivity index (χ4v) is 9.99. The minimum atomic E-state index is -0.671. The lowest BCUT2D eigenvalue weighted by atomic mass is 10.0. The minimum absolute atomic E-state index is 0.00546. The van der Waals surface area contributed by atoms with E-state index in [-0.39, 0.29) is 18.5 Å². The molecule has 0 radical (unpaired) electrons. The SMILES string of the molecule is CCCCCCCCC/C=C\CCCCCCCC(=O)OCCCCCCCCCCCCCCCCCC(=O)NC(CO)C(O)CCCCCCCCCCCCCCCCCCCCCCC. The van der Waals surface area contributed by atoms with Crippen molar-refractivity contribution in [1.82, 2.24) is 5.32 Å². The Morgan fingerprint density at radius 2 is 0.681 bits per heavy atom.